The van der Waals surface area contributed by atoms with E-state index < -0.39 is 5.91 Å². The molecule has 0 radical (unpaired) electrons. The maximum absolute atomic E-state index is 12.1. The zero-order valence-electron chi connectivity index (χ0n) is 13.6. The second kappa shape index (κ2) is 6.71. The van der Waals surface area contributed by atoms with E-state index in [4.69, 9.17) is 5.73 Å². The molecule has 3 N–H and O–H groups in total. The molecule has 1 saturated heterocycles. The van der Waals surface area contributed by atoms with Gasteiger partial charge in [-0.2, -0.15) is 0 Å². The van der Waals surface area contributed by atoms with Crippen LogP contribution in [0.15, 0.2) is 24.3 Å². The van der Waals surface area contributed by atoms with E-state index in [0.717, 1.165) is 44.5 Å². The summed E-state index contributed by atoms with van der Waals surface area (Å²) < 4.78 is 0. The van der Waals surface area contributed by atoms with Crippen molar-refractivity contribution in [3.05, 3.63) is 35.4 Å². The minimum atomic E-state index is -0.397. The van der Waals surface area contributed by atoms with E-state index in [1.807, 2.05) is 17.0 Å². The standard InChI is InChI=1S/C18H25N3O2/c1-12-11-21(18(23)15-6-7-15)9-8-16(12)20-10-13-2-4-14(5-3-13)17(19)22/h2-5,12,15-16,20H,6-11H2,1H3,(H2,19,22). The van der Waals surface area contributed by atoms with E-state index in [0.29, 0.717) is 29.3 Å². The van der Waals surface area contributed by atoms with Crippen molar-refractivity contribution in [3.63, 3.8) is 0 Å². The Balaban J connectivity index is 1.49. The minimum absolute atomic E-state index is 0.315. The molecule has 2 aliphatic rings. The Kier molecular flexibility index (Phi) is 4.66. The van der Waals surface area contributed by atoms with Crippen molar-refractivity contribution < 1.29 is 9.59 Å². The fourth-order valence-electron chi connectivity index (χ4n) is 3.27. The van der Waals surface area contributed by atoms with Crippen LogP contribution >= 0.6 is 0 Å². The number of piperidine rings is 1. The Labute approximate surface area is 137 Å². The van der Waals surface area contributed by atoms with Crippen molar-refractivity contribution in [1.82, 2.24) is 10.2 Å². The summed E-state index contributed by atoms with van der Waals surface area (Å²) in [6.45, 7) is 4.69. The normalized spacial score (nSPS) is 24.5. The molecule has 5 nitrogen and oxygen atoms in total. The van der Waals surface area contributed by atoms with E-state index in [9.17, 15) is 9.59 Å². The zero-order chi connectivity index (χ0) is 16.4. The summed E-state index contributed by atoms with van der Waals surface area (Å²) in [5.74, 6) is 0.731. The topological polar surface area (TPSA) is 75.4 Å². The van der Waals surface area contributed by atoms with Gasteiger partial charge in [0, 0.05) is 37.2 Å². The van der Waals surface area contributed by atoms with E-state index >= 15 is 0 Å². The SMILES string of the molecule is CC1CN(C(=O)C2CC2)CCC1NCc1ccc(C(N)=O)cc1. The molecule has 23 heavy (non-hydrogen) atoms. The largest absolute Gasteiger partial charge is 0.366 e. The molecule has 2 fully saturated rings. The molecule has 2 amide bonds. The van der Waals surface area contributed by atoms with Crippen molar-refractivity contribution in [2.45, 2.75) is 38.8 Å². The van der Waals surface area contributed by atoms with E-state index in [2.05, 4.69) is 12.2 Å². The van der Waals surface area contributed by atoms with Crippen LogP contribution in [0.5, 0.6) is 0 Å². The van der Waals surface area contributed by atoms with Crippen molar-refractivity contribution in [1.29, 1.82) is 0 Å². The number of benzene rings is 1. The van der Waals surface area contributed by atoms with E-state index in [1.54, 1.807) is 12.1 Å². The molecular weight excluding hydrogens is 290 g/mol. The van der Waals surface area contributed by atoms with Gasteiger partial charge in [0.15, 0.2) is 0 Å². The summed E-state index contributed by atoms with van der Waals surface area (Å²) in [7, 11) is 0. The smallest absolute Gasteiger partial charge is 0.248 e. The molecule has 0 aromatic heterocycles. The van der Waals surface area contributed by atoms with Crippen LogP contribution in [0.25, 0.3) is 0 Å². The maximum Gasteiger partial charge on any atom is 0.248 e. The highest BCUT2D eigenvalue weighted by atomic mass is 16.2. The number of primary amides is 1. The van der Waals surface area contributed by atoms with Gasteiger partial charge in [0.1, 0.15) is 0 Å². The first-order valence-corrected chi connectivity index (χ1v) is 8.45. The van der Waals surface area contributed by atoms with Crippen LogP contribution in [0.4, 0.5) is 0 Å². The molecule has 124 valence electrons. The quantitative estimate of drug-likeness (QED) is 0.865. The summed E-state index contributed by atoms with van der Waals surface area (Å²) in [4.78, 5) is 25.3. The highest BCUT2D eigenvalue weighted by Gasteiger charge is 2.36. The van der Waals surface area contributed by atoms with Gasteiger partial charge in [-0.3, -0.25) is 9.59 Å². The summed E-state index contributed by atoms with van der Waals surface area (Å²) in [5.41, 5.74) is 6.92. The molecule has 2 unspecified atom stereocenters. The highest BCUT2D eigenvalue weighted by molar-refractivity contribution is 5.92. The molecule has 0 bridgehead atoms. The third kappa shape index (κ3) is 3.91. The van der Waals surface area contributed by atoms with Gasteiger partial charge in [-0.25, -0.2) is 0 Å². The number of hydrogen-bond acceptors (Lipinski definition) is 3. The summed E-state index contributed by atoms with van der Waals surface area (Å²) >= 11 is 0. The van der Waals surface area contributed by atoms with Gasteiger partial charge >= 0.3 is 0 Å². The lowest BCUT2D eigenvalue weighted by molar-refractivity contribution is -0.134. The van der Waals surface area contributed by atoms with Crippen molar-refractivity contribution in [3.8, 4) is 0 Å². The van der Waals surface area contributed by atoms with Gasteiger partial charge in [0.2, 0.25) is 11.8 Å². The molecule has 3 rings (SSSR count). The summed E-state index contributed by atoms with van der Waals surface area (Å²) in [6, 6.07) is 7.82. The monoisotopic (exact) mass is 315 g/mol. The number of hydrogen-bond donors (Lipinski definition) is 2. The third-order valence-corrected chi connectivity index (χ3v) is 4.95. The van der Waals surface area contributed by atoms with Gasteiger partial charge in [0.25, 0.3) is 0 Å². The Hall–Kier alpha value is -1.88. The van der Waals surface area contributed by atoms with E-state index in [-0.39, 0.29) is 0 Å². The number of carbonyl (C=O) groups is 2. The van der Waals surface area contributed by atoms with Crippen LogP contribution in [0, 0.1) is 11.8 Å². The fraction of sp³-hybridized carbons (Fsp3) is 0.556. The Morgan fingerprint density at radius 2 is 1.91 bits per heavy atom. The lowest BCUT2D eigenvalue weighted by Crippen LogP contribution is -2.50. The Morgan fingerprint density at radius 1 is 1.22 bits per heavy atom. The number of amides is 2. The first-order valence-electron chi connectivity index (χ1n) is 8.45. The second-order valence-corrected chi connectivity index (χ2v) is 6.87. The Bertz CT molecular complexity index is 580. The maximum atomic E-state index is 12.1. The average Bonchev–Trinajstić information content (AvgIpc) is 3.38. The predicted octanol–water partition coefficient (Wildman–Crippen LogP) is 1.52. The van der Waals surface area contributed by atoms with Crippen molar-refractivity contribution in [2.24, 2.45) is 17.6 Å². The third-order valence-electron chi connectivity index (χ3n) is 4.95. The van der Waals surface area contributed by atoms with Gasteiger partial charge in [-0.05, 0) is 42.9 Å². The highest BCUT2D eigenvalue weighted by Crippen LogP contribution is 2.32. The van der Waals surface area contributed by atoms with Gasteiger partial charge in [-0.15, -0.1) is 0 Å². The summed E-state index contributed by atoms with van der Waals surface area (Å²) in [6.07, 6.45) is 3.15. The molecule has 0 spiro atoms. The van der Waals surface area contributed by atoms with Crippen LogP contribution in [-0.4, -0.2) is 35.8 Å². The zero-order valence-corrected chi connectivity index (χ0v) is 13.6. The first-order chi connectivity index (χ1) is 11.0. The minimum Gasteiger partial charge on any atom is -0.366 e. The summed E-state index contributed by atoms with van der Waals surface area (Å²) in [5, 5.41) is 3.59. The molecule has 1 aliphatic heterocycles. The number of likely N-dealkylation sites (tertiary alicyclic amines) is 1. The number of carbonyl (C=O) groups excluding carboxylic acids is 2. The lowest BCUT2D eigenvalue weighted by atomic mass is 9.93. The molecule has 1 heterocycles. The molecule has 2 atom stereocenters. The number of nitrogens with two attached hydrogens (primary N) is 1. The molecule has 1 aromatic carbocycles. The lowest BCUT2D eigenvalue weighted by Gasteiger charge is -2.37. The van der Waals surface area contributed by atoms with Crippen molar-refractivity contribution >= 4 is 11.8 Å². The van der Waals surface area contributed by atoms with Gasteiger partial charge in [-0.1, -0.05) is 19.1 Å². The van der Waals surface area contributed by atoms with Crippen LogP contribution in [0.2, 0.25) is 0 Å². The van der Waals surface area contributed by atoms with Crippen LogP contribution in [0.1, 0.15) is 42.1 Å². The molecule has 1 saturated carbocycles. The van der Waals surface area contributed by atoms with E-state index in [1.165, 1.54) is 0 Å². The number of nitrogens with one attached hydrogen (secondary N) is 1. The molecule has 1 aliphatic carbocycles. The molecule has 1 aromatic rings. The van der Waals surface area contributed by atoms with Gasteiger partial charge < -0.3 is 16.0 Å². The number of rotatable bonds is 5. The second-order valence-electron chi connectivity index (χ2n) is 6.87. The fourth-order valence-corrected chi connectivity index (χ4v) is 3.27. The van der Waals surface area contributed by atoms with Crippen LogP contribution < -0.4 is 11.1 Å². The Morgan fingerprint density at radius 3 is 2.48 bits per heavy atom. The van der Waals surface area contributed by atoms with Crippen molar-refractivity contribution in [2.75, 3.05) is 13.1 Å². The molecular formula is C18H25N3O2. The van der Waals surface area contributed by atoms with Gasteiger partial charge in [0.05, 0.1) is 0 Å². The van der Waals surface area contributed by atoms with Crippen LogP contribution in [0.3, 0.4) is 0 Å². The number of nitrogens with zero attached hydrogens (tertiary/aromatic N) is 1. The first kappa shape index (κ1) is 16.0. The molecule has 5 heteroatoms. The average molecular weight is 315 g/mol. The van der Waals surface area contributed by atoms with Crippen LogP contribution in [-0.2, 0) is 11.3 Å². The predicted molar refractivity (Wildman–Crippen MR) is 88.7 cm³/mol.